The minimum Gasteiger partial charge on any atom is -0.312 e. The monoisotopic (exact) mass is 374 g/mol. The van der Waals surface area contributed by atoms with Crippen molar-refractivity contribution in [1.82, 2.24) is 4.98 Å². The van der Waals surface area contributed by atoms with E-state index in [9.17, 15) is 4.79 Å². The van der Waals surface area contributed by atoms with Gasteiger partial charge in [-0.1, -0.05) is 48.5 Å². The zero-order valence-corrected chi connectivity index (χ0v) is 16.0. The summed E-state index contributed by atoms with van der Waals surface area (Å²) in [6.45, 7) is 0.844. The fourth-order valence-electron chi connectivity index (χ4n) is 4.27. The van der Waals surface area contributed by atoms with Crippen molar-refractivity contribution in [2.45, 2.75) is 32.1 Å². The van der Waals surface area contributed by atoms with E-state index in [4.69, 9.17) is 4.98 Å². The van der Waals surface area contributed by atoms with E-state index in [1.807, 2.05) is 17.0 Å². The average molecular weight is 375 g/mol. The number of nitrogens with zero attached hydrogens (tertiary/aromatic N) is 2. The highest BCUT2D eigenvalue weighted by atomic mass is 32.1. The summed E-state index contributed by atoms with van der Waals surface area (Å²) in [6, 6.07) is 18.7. The van der Waals surface area contributed by atoms with Crippen LogP contribution in [0.1, 0.15) is 29.0 Å². The Kier molecular flexibility index (Phi) is 4.29. The number of carbonyl (C=O) groups is 1. The molecule has 0 spiro atoms. The maximum Gasteiger partial charge on any atom is 0.230 e. The van der Waals surface area contributed by atoms with Gasteiger partial charge in [0.2, 0.25) is 5.91 Å². The molecule has 27 heavy (non-hydrogen) atoms. The van der Waals surface area contributed by atoms with Crippen LogP contribution in [0, 0.1) is 5.92 Å². The molecule has 2 aliphatic rings. The van der Waals surface area contributed by atoms with Gasteiger partial charge in [-0.05, 0) is 43.7 Å². The van der Waals surface area contributed by atoms with E-state index >= 15 is 0 Å². The van der Waals surface area contributed by atoms with E-state index in [-0.39, 0.29) is 5.92 Å². The lowest BCUT2D eigenvalue weighted by atomic mass is 9.89. The summed E-state index contributed by atoms with van der Waals surface area (Å²) in [5.74, 6) is 0.371. The van der Waals surface area contributed by atoms with E-state index in [1.54, 1.807) is 11.3 Å². The van der Waals surface area contributed by atoms with Crippen LogP contribution in [0.4, 0.5) is 5.69 Å². The Morgan fingerprint density at radius 2 is 1.85 bits per heavy atom. The normalized spacial score (nSPS) is 18.7. The van der Waals surface area contributed by atoms with Crippen molar-refractivity contribution < 1.29 is 4.79 Å². The van der Waals surface area contributed by atoms with Crippen LogP contribution in [-0.2, 0) is 24.1 Å². The third kappa shape index (κ3) is 3.08. The van der Waals surface area contributed by atoms with E-state index in [0.717, 1.165) is 49.3 Å². The molecule has 3 nitrogen and oxygen atoms in total. The molecule has 1 aromatic heterocycles. The van der Waals surface area contributed by atoms with Crippen LogP contribution in [0.25, 0.3) is 10.6 Å². The van der Waals surface area contributed by atoms with Gasteiger partial charge in [-0.2, -0.15) is 0 Å². The molecule has 1 atom stereocenters. The smallest absolute Gasteiger partial charge is 0.230 e. The second kappa shape index (κ2) is 6.93. The van der Waals surface area contributed by atoms with Gasteiger partial charge in [-0.25, -0.2) is 4.98 Å². The van der Waals surface area contributed by atoms with E-state index in [2.05, 4.69) is 42.5 Å². The van der Waals surface area contributed by atoms with E-state index in [0.29, 0.717) is 5.91 Å². The Balaban J connectivity index is 1.38. The number of fused-ring (bicyclic) bond motifs is 2. The first-order valence-electron chi connectivity index (χ1n) is 9.73. The van der Waals surface area contributed by atoms with Gasteiger partial charge >= 0.3 is 0 Å². The van der Waals surface area contributed by atoms with Crippen LogP contribution in [0.2, 0.25) is 0 Å². The molecule has 3 aromatic rings. The van der Waals surface area contributed by atoms with Crippen LogP contribution >= 0.6 is 11.3 Å². The number of rotatable bonds is 2. The van der Waals surface area contributed by atoms with Crippen molar-refractivity contribution in [3.05, 3.63) is 70.7 Å². The standard InChI is InChI=1S/C23H22N2OS/c26-23(25-14-6-10-16-7-4-5-11-20(16)25)18-12-13-19-21(15-18)27-22(24-19)17-8-2-1-3-9-17/h1-5,7-9,11,18H,6,10,12-15H2. The fourth-order valence-corrected chi connectivity index (χ4v) is 5.47. The van der Waals surface area contributed by atoms with E-state index in [1.165, 1.54) is 21.7 Å². The third-order valence-electron chi connectivity index (χ3n) is 5.69. The van der Waals surface area contributed by atoms with Gasteiger partial charge in [0.15, 0.2) is 0 Å². The lowest BCUT2D eigenvalue weighted by molar-refractivity contribution is -0.122. The molecule has 0 bridgehead atoms. The summed E-state index contributed by atoms with van der Waals surface area (Å²) in [5.41, 5.74) is 4.79. The molecule has 5 rings (SSSR count). The molecule has 2 heterocycles. The summed E-state index contributed by atoms with van der Waals surface area (Å²) in [6.07, 6.45) is 4.77. The maximum atomic E-state index is 13.3. The van der Waals surface area contributed by atoms with Gasteiger partial charge in [0.25, 0.3) is 0 Å². The van der Waals surface area contributed by atoms with Gasteiger partial charge < -0.3 is 4.90 Å². The zero-order valence-electron chi connectivity index (χ0n) is 15.2. The third-order valence-corrected chi connectivity index (χ3v) is 6.85. The summed E-state index contributed by atoms with van der Waals surface area (Å²) >= 11 is 1.76. The number of aryl methyl sites for hydroxylation is 2. The highest BCUT2D eigenvalue weighted by Gasteiger charge is 2.32. The van der Waals surface area contributed by atoms with Crippen molar-refractivity contribution in [1.29, 1.82) is 0 Å². The van der Waals surface area contributed by atoms with Crippen LogP contribution in [0.15, 0.2) is 54.6 Å². The first kappa shape index (κ1) is 16.7. The molecule has 0 saturated heterocycles. The lowest BCUT2D eigenvalue weighted by Crippen LogP contribution is -2.41. The first-order chi connectivity index (χ1) is 13.3. The molecule has 2 aromatic carbocycles. The molecule has 0 N–H and O–H groups in total. The number of hydrogen-bond acceptors (Lipinski definition) is 3. The van der Waals surface area contributed by atoms with Gasteiger partial charge in [0.05, 0.1) is 5.69 Å². The largest absolute Gasteiger partial charge is 0.312 e. The van der Waals surface area contributed by atoms with Gasteiger partial charge in [0, 0.05) is 28.6 Å². The zero-order chi connectivity index (χ0) is 18.2. The Morgan fingerprint density at radius 3 is 2.74 bits per heavy atom. The second-order valence-electron chi connectivity index (χ2n) is 7.42. The van der Waals surface area contributed by atoms with Crippen molar-refractivity contribution in [2.24, 2.45) is 5.92 Å². The molecule has 0 saturated carbocycles. The van der Waals surface area contributed by atoms with Gasteiger partial charge in [0.1, 0.15) is 5.01 Å². The van der Waals surface area contributed by atoms with Crippen molar-refractivity contribution in [2.75, 3.05) is 11.4 Å². The maximum absolute atomic E-state index is 13.3. The number of thiazole rings is 1. The molecule has 0 fully saturated rings. The molecular formula is C23H22N2OS. The summed E-state index contributed by atoms with van der Waals surface area (Å²) in [5, 5.41) is 1.08. The number of carbonyl (C=O) groups excluding carboxylic acids is 1. The predicted molar refractivity (Wildman–Crippen MR) is 110 cm³/mol. The minimum absolute atomic E-state index is 0.0766. The quantitative estimate of drug-likeness (QED) is 0.639. The Hall–Kier alpha value is -2.46. The molecule has 1 amide bonds. The van der Waals surface area contributed by atoms with Gasteiger partial charge in [-0.15, -0.1) is 11.3 Å². The Bertz CT molecular complexity index is 979. The van der Waals surface area contributed by atoms with Crippen molar-refractivity contribution >= 4 is 22.9 Å². The SMILES string of the molecule is O=C(C1CCc2nc(-c3ccccc3)sc2C1)N1CCCc2ccccc21. The lowest BCUT2D eigenvalue weighted by Gasteiger charge is -2.33. The minimum atomic E-state index is 0.0766. The van der Waals surface area contributed by atoms with Crippen LogP contribution in [-0.4, -0.2) is 17.4 Å². The van der Waals surface area contributed by atoms with Crippen LogP contribution < -0.4 is 4.90 Å². The van der Waals surface area contributed by atoms with Gasteiger partial charge in [-0.3, -0.25) is 4.79 Å². The number of aromatic nitrogens is 1. The second-order valence-corrected chi connectivity index (χ2v) is 8.50. The summed E-state index contributed by atoms with van der Waals surface area (Å²) in [7, 11) is 0. The van der Waals surface area contributed by atoms with Crippen molar-refractivity contribution in [3.63, 3.8) is 0 Å². The summed E-state index contributed by atoms with van der Waals surface area (Å²) < 4.78 is 0. The average Bonchev–Trinajstić information content (AvgIpc) is 3.17. The molecule has 1 aliphatic heterocycles. The summed E-state index contributed by atoms with van der Waals surface area (Å²) in [4.78, 5) is 21.5. The number of amides is 1. The molecule has 4 heteroatoms. The van der Waals surface area contributed by atoms with Crippen molar-refractivity contribution in [3.8, 4) is 10.6 Å². The molecule has 1 unspecified atom stereocenters. The molecule has 1 aliphatic carbocycles. The highest BCUT2D eigenvalue weighted by molar-refractivity contribution is 7.15. The van der Waals surface area contributed by atoms with Crippen LogP contribution in [0.3, 0.4) is 0 Å². The number of anilines is 1. The van der Waals surface area contributed by atoms with E-state index < -0.39 is 0 Å². The fraction of sp³-hybridized carbons (Fsp3) is 0.304. The number of benzene rings is 2. The van der Waals surface area contributed by atoms with Crippen LogP contribution in [0.5, 0.6) is 0 Å². The first-order valence-corrected chi connectivity index (χ1v) is 10.5. The Labute approximate surface area is 163 Å². The molecule has 0 radical (unpaired) electrons. The number of hydrogen-bond donors (Lipinski definition) is 0. The Morgan fingerprint density at radius 1 is 1.04 bits per heavy atom. The number of para-hydroxylation sites is 1. The molecular weight excluding hydrogens is 352 g/mol. The predicted octanol–water partition coefficient (Wildman–Crippen LogP) is 4.89. The highest BCUT2D eigenvalue weighted by Crippen LogP contribution is 2.36. The topological polar surface area (TPSA) is 33.2 Å². The molecule has 136 valence electrons.